The van der Waals surface area contributed by atoms with Crippen molar-refractivity contribution in [2.24, 2.45) is 0 Å². The number of thioether (sulfide) groups is 1. The molecule has 1 aromatic carbocycles. The summed E-state index contributed by atoms with van der Waals surface area (Å²) in [5.41, 5.74) is 1.89. The zero-order valence-electron chi connectivity index (χ0n) is 12.6. The Morgan fingerprint density at radius 2 is 2.17 bits per heavy atom. The van der Waals surface area contributed by atoms with Crippen LogP contribution in [-0.2, 0) is 0 Å². The average molecular weight is 369 g/mol. The van der Waals surface area contributed by atoms with Gasteiger partial charge in [0.1, 0.15) is 0 Å². The molecule has 0 spiro atoms. The molecule has 122 valence electrons. The second kappa shape index (κ2) is 7.53. The van der Waals surface area contributed by atoms with E-state index in [4.69, 9.17) is 16.7 Å². The number of hydrogen-bond donors (Lipinski definition) is 2. The van der Waals surface area contributed by atoms with Gasteiger partial charge < -0.3 is 10.4 Å². The molecule has 0 aliphatic heterocycles. The van der Waals surface area contributed by atoms with E-state index in [0.29, 0.717) is 11.4 Å². The third-order valence-electron chi connectivity index (χ3n) is 3.36. The number of rotatable bonds is 7. The summed E-state index contributed by atoms with van der Waals surface area (Å²) in [7, 11) is 0. The van der Waals surface area contributed by atoms with E-state index < -0.39 is 0 Å². The number of aromatic nitrogens is 3. The summed E-state index contributed by atoms with van der Waals surface area (Å²) in [6.07, 6.45) is 4.67. The van der Waals surface area contributed by atoms with Gasteiger partial charge in [-0.1, -0.05) is 35.1 Å². The molecule has 23 heavy (non-hydrogen) atoms. The fourth-order valence-corrected chi connectivity index (χ4v) is 3.88. The quantitative estimate of drug-likeness (QED) is 0.666. The zero-order chi connectivity index (χ0) is 16.2. The van der Waals surface area contributed by atoms with Gasteiger partial charge >= 0.3 is 0 Å². The van der Waals surface area contributed by atoms with Gasteiger partial charge in [0.05, 0.1) is 11.9 Å². The Morgan fingerprint density at radius 3 is 2.83 bits per heavy atom. The van der Waals surface area contributed by atoms with Crippen molar-refractivity contribution in [2.45, 2.75) is 12.5 Å². The number of anilines is 1. The molecule has 5 nitrogen and oxygen atoms in total. The molecule has 0 fully saturated rings. The lowest BCUT2D eigenvalue weighted by atomic mass is 10.2. The molecule has 1 atom stereocenters. The number of benzene rings is 1. The van der Waals surface area contributed by atoms with Gasteiger partial charge in [-0.2, -0.15) is 11.8 Å². The minimum Gasteiger partial charge on any atom is -0.396 e. The summed E-state index contributed by atoms with van der Waals surface area (Å²) in [6, 6.07) is 7.81. The largest absolute Gasteiger partial charge is 0.396 e. The summed E-state index contributed by atoms with van der Waals surface area (Å²) in [5.74, 6) is 0.929. The minimum absolute atomic E-state index is 0.168. The van der Waals surface area contributed by atoms with Gasteiger partial charge in [0.2, 0.25) is 10.1 Å². The lowest BCUT2D eigenvalue weighted by Crippen LogP contribution is -2.23. The van der Waals surface area contributed by atoms with E-state index in [1.54, 1.807) is 16.3 Å². The van der Waals surface area contributed by atoms with Crippen LogP contribution in [0, 0.1) is 0 Å². The molecule has 8 heteroatoms. The number of imidazole rings is 1. The van der Waals surface area contributed by atoms with E-state index in [2.05, 4.69) is 21.7 Å². The number of hydrogen-bond acceptors (Lipinski definition) is 6. The van der Waals surface area contributed by atoms with Crippen LogP contribution in [0.25, 0.3) is 16.2 Å². The van der Waals surface area contributed by atoms with Gasteiger partial charge in [-0.3, -0.25) is 0 Å². The fourth-order valence-electron chi connectivity index (χ4n) is 2.25. The van der Waals surface area contributed by atoms with Crippen molar-refractivity contribution in [3.63, 3.8) is 0 Å². The highest BCUT2D eigenvalue weighted by atomic mass is 35.5. The molecule has 1 unspecified atom stereocenters. The second-order valence-corrected chi connectivity index (χ2v) is 7.38. The number of nitrogens with one attached hydrogen (secondary N) is 1. The molecule has 0 aliphatic carbocycles. The molecular formula is C15H17ClN4OS2. The van der Waals surface area contributed by atoms with Gasteiger partial charge in [-0.05, 0) is 24.8 Å². The molecular weight excluding hydrogens is 352 g/mol. The molecule has 3 aromatic rings. The molecule has 0 bridgehead atoms. The second-order valence-electron chi connectivity index (χ2n) is 5.08. The first kappa shape index (κ1) is 16.6. The smallest absolute Gasteiger partial charge is 0.214 e. The third-order valence-corrected chi connectivity index (χ3v) is 5.20. The maximum Gasteiger partial charge on any atom is 0.214 e. The highest BCUT2D eigenvalue weighted by Crippen LogP contribution is 2.26. The fraction of sp³-hybridized carbons (Fsp3) is 0.333. The van der Waals surface area contributed by atoms with E-state index in [-0.39, 0.29) is 12.6 Å². The summed E-state index contributed by atoms with van der Waals surface area (Å²) >= 11 is 9.17. The van der Waals surface area contributed by atoms with Crippen LogP contribution in [0.5, 0.6) is 0 Å². The molecule has 0 amide bonds. The van der Waals surface area contributed by atoms with Crippen molar-refractivity contribution >= 4 is 44.8 Å². The third kappa shape index (κ3) is 3.98. The first-order valence-corrected chi connectivity index (χ1v) is 9.77. The van der Waals surface area contributed by atoms with Crippen LogP contribution in [0.1, 0.15) is 6.42 Å². The monoisotopic (exact) mass is 368 g/mol. The van der Waals surface area contributed by atoms with Crippen LogP contribution in [0.4, 0.5) is 5.13 Å². The number of fused-ring (bicyclic) bond motifs is 1. The first-order chi connectivity index (χ1) is 11.2. The average Bonchev–Trinajstić information content (AvgIpc) is 3.07. The standard InChI is InChI=1S/C15H17ClN4OS2/c1-22-9-12(6-7-21)17-14-19-20-8-13(18-15(20)23-14)10-2-4-11(16)5-3-10/h2-5,8,12,21H,6-7,9H2,1H3,(H,17,19). The number of aliphatic hydroxyl groups is 1. The predicted molar refractivity (Wildman–Crippen MR) is 98.8 cm³/mol. The van der Waals surface area contributed by atoms with Crippen molar-refractivity contribution < 1.29 is 5.11 Å². The highest BCUT2D eigenvalue weighted by molar-refractivity contribution is 7.98. The van der Waals surface area contributed by atoms with Crippen molar-refractivity contribution in [1.29, 1.82) is 0 Å². The van der Waals surface area contributed by atoms with Crippen LogP contribution < -0.4 is 5.32 Å². The van der Waals surface area contributed by atoms with E-state index in [9.17, 15) is 0 Å². The van der Waals surface area contributed by atoms with E-state index in [1.165, 1.54) is 11.3 Å². The molecule has 0 aliphatic rings. The number of aliphatic hydroxyl groups excluding tert-OH is 1. The summed E-state index contributed by atoms with van der Waals surface area (Å²) < 4.78 is 1.78. The summed E-state index contributed by atoms with van der Waals surface area (Å²) in [6.45, 7) is 0.168. The van der Waals surface area contributed by atoms with E-state index in [1.807, 2.05) is 30.5 Å². The van der Waals surface area contributed by atoms with Gasteiger partial charge in [0.15, 0.2) is 0 Å². The molecule has 2 N–H and O–H groups in total. The Kier molecular flexibility index (Phi) is 5.42. The molecule has 0 saturated carbocycles. The maximum atomic E-state index is 9.13. The van der Waals surface area contributed by atoms with Crippen molar-refractivity contribution in [3.8, 4) is 11.3 Å². The van der Waals surface area contributed by atoms with Crippen LogP contribution in [-0.4, -0.2) is 44.4 Å². The van der Waals surface area contributed by atoms with Crippen LogP contribution in [0.3, 0.4) is 0 Å². The van der Waals surface area contributed by atoms with Crippen LogP contribution in [0.2, 0.25) is 5.02 Å². The van der Waals surface area contributed by atoms with Gasteiger partial charge in [-0.25, -0.2) is 9.50 Å². The first-order valence-electron chi connectivity index (χ1n) is 7.18. The van der Waals surface area contributed by atoms with Crippen molar-refractivity contribution in [3.05, 3.63) is 35.5 Å². The number of nitrogens with zero attached hydrogens (tertiary/aromatic N) is 3. The Labute approximate surface area is 147 Å². The maximum absolute atomic E-state index is 9.13. The molecule has 3 rings (SSSR count). The van der Waals surface area contributed by atoms with E-state index >= 15 is 0 Å². The van der Waals surface area contributed by atoms with Gasteiger partial charge in [-0.15, -0.1) is 5.10 Å². The molecule has 0 saturated heterocycles. The zero-order valence-corrected chi connectivity index (χ0v) is 15.0. The number of halogens is 1. The van der Waals surface area contributed by atoms with Crippen LogP contribution >= 0.6 is 34.7 Å². The topological polar surface area (TPSA) is 62.5 Å². The Morgan fingerprint density at radius 1 is 1.39 bits per heavy atom. The lowest BCUT2D eigenvalue weighted by Gasteiger charge is -2.14. The minimum atomic E-state index is 0.168. The summed E-state index contributed by atoms with van der Waals surface area (Å²) in [5, 5.41) is 18.6. The Hall–Kier alpha value is -1.28. The van der Waals surface area contributed by atoms with Crippen LogP contribution in [0.15, 0.2) is 30.5 Å². The highest BCUT2D eigenvalue weighted by Gasteiger charge is 2.13. The van der Waals surface area contributed by atoms with Gasteiger partial charge in [0, 0.05) is 29.0 Å². The Balaban J connectivity index is 1.78. The predicted octanol–water partition coefficient (Wildman–Crippen LogP) is 3.64. The SMILES string of the molecule is CSCC(CCO)Nc1nn2cc(-c3ccc(Cl)cc3)nc2s1. The molecule has 0 radical (unpaired) electrons. The van der Waals surface area contributed by atoms with Crippen molar-refractivity contribution in [2.75, 3.05) is 23.9 Å². The lowest BCUT2D eigenvalue weighted by molar-refractivity contribution is 0.282. The van der Waals surface area contributed by atoms with Crippen molar-refractivity contribution in [1.82, 2.24) is 14.6 Å². The van der Waals surface area contributed by atoms with Gasteiger partial charge in [0.25, 0.3) is 0 Å². The summed E-state index contributed by atoms with van der Waals surface area (Å²) in [4.78, 5) is 5.45. The molecule has 2 aromatic heterocycles. The van der Waals surface area contributed by atoms with E-state index in [0.717, 1.165) is 27.1 Å². The normalized spacial score (nSPS) is 12.7. The molecule has 2 heterocycles. The Bertz CT molecular complexity index is 734.